The van der Waals surface area contributed by atoms with Crippen molar-refractivity contribution in [1.82, 2.24) is 5.01 Å². The SMILES string of the molecule is NC(=S)N1N=C(c2ccc([N+](=O)[O-])cc2)CC1(O)C(F)(F)F. The third kappa shape index (κ3) is 2.60. The lowest BCUT2D eigenvalue weighted by Crippen LogP contribution is -2.57. The minimum absolute atomic E-state index is 0.124. The first kappa shape index (κ1) is 16.1. The molecule has 1 atom stereocenters. The lowest BCUT2D eigenvalue weighted by Gasteiger charge is -2.32. The number of nitrogens with two attached hydrogens (primary N) is 1. The van der Waals surface area contributed by atoms with Gasteiger partial charge >= 0.3 is 6.18 Å². The molecule has 0 amide bonds. The van der Waals surface area contributed by atoms with E-state index >= 15 is 0 Å². The third-order valence-electron chi connectivity index (χ3n) is 3.06. The first-order valence-corrected chi connectivity index (χ1v) is 6.18. The monoisotopic (exact) mass is 334 g/mol. The first-order valence-electron chi connectivity index (χ1n) is 5.77. The molecule has 1 aromatic carbocycles. The van der Waals surface area contributed by atoms with E-state index < -0.39 is 28.4 Å². The summed E-state index contributed by atoms with van der Waals surface area (Å²) in [7, 11) is 0. The topological polar surface area (TPSA) is 105 Å². The number of hydrogen-bond donors (Lipinski definition) is 2. The van der Waals surface area contributed by atoms with Crippen LogP contribution in [0.1, 0.15) is 12.0 Å². The molecule has 22 heavy (non-hydrogen) atoms. The van der Waals surface area contributed by atoms with Gasteiger partial charge in [-0.3, -0.25) is 10.1 Å². The molecule has 11 heteroatoms. The van der Waals surface area contributed by atoms with Crippen molar-refractivity contribution in [2.24, 2.45) is 10.8 Å². The van der Waals surface area contributed by atoms with Gasteiger partial charge in [-0.2, -0.15) is 23.3 Å². The van der Waals surface area contributed by atoms with Gasteiger partial charge in [0.05, 0.1) is 17.1 Å². The van der Waals surface area contributed by atoms with Crippen LogP contribution in [0.25, 0.3) is 0 Å². The summed E-state index contributed by atoms with van der Waals surface area (Å²) in [5.74, 6) is 0. The Hall–Kier alpha value is -2.27. The smallest absolute Gasteiger partial charge is 0.375 e. The highest BCUT2D eigenvalue weighted by Crippen LogP contribution is 2.41. The van der Waals surface area contributed by atoms with Crippen LogP contribution in [-0.2, 0) is 0 Å². The Morgan fingerprint density at radius 1 is 1.45 bits per heavy atom. The number of rotatable bonds is 2. The molecule has 2 rings (SSSR count). The molecule has 7 nitrogen and oxygen atoms in total. The van der Waals surface area contributed by atoms with E-state index in [1.165, 1.54) is 12.1 Å². The average molecular weight is 334 g/mol. The van der Waals surface area contributed by atoms with Gasteiger partial charge in [-0.15, -0.1) is 0 Å². The molecule has 3 N–H and O–H groups in total. The second kappa shape index (κ2) is 5.18. The number of halogens is 3. The van der Waals surface area contributed by atoms with Gasteiger partial charge in [0, 0.05) is 12.1 Å². The highest BCUT2D eigenvalue weighted by molar-refractivity contribution is 7.80. The Balaban J connectivity index is 2.39. The molecular weight excluding hydrogens is 325 g/mol. The average Bonchev–Trinajstić information content (AvgIpc) is 2.78. The molecule has 1 heterocycles. The van der Waals surface area contributed by atoms with Gasteiger partial charge in [-0.1, -0.05) is 0 Å². The van der Waals surface area contributed by atoms with Crippen molar-refractivity contribution in [2.45, 2.75) is 18.3 Å². The number of hydrazone groups is 1. The Labute approximate surface area is 127 Å². The van der Waals surface area contributed by atoms with Crippen LogP contribution < -0.4 is 5.73 Å². The molecule has 0 radical (unpaired) electrons. The van der Waals surface area contributed by atoms with Gasteiger partial charge in [0.15, 0.2) is 5.11 Å². The van der Waals surface area contributed by atoms with Crippen LogP contribution in [0.3, 0.4) is 0 Å². The fourth-order valence-electron chi connectivity index (χ4n) is 1.93. The minimum Gasteiger partial charge on any atom is -0.375 e. The highest BCUT2D eigenvalue weighted by Gasteiger charge is 2.62. The normalized spacial score (nSPS) is 21.6. The van der Waals surface area contributed by atoms with Crippen LogP contribution in [0.4, 0.5) is 18.9 Å². The summed E-state index contributed by atoms with van der Waals surface area (Å²) >= 11 is 4.48. The van der Waals surface area contributed by atoms with E-state index in [2.05, 4.69) is 17.3 Å². The lowest BCUT2D eigenvalue weighted by atomic mass is 10.0. The Morgan fingerprint density at radius 3 is 2.36 bits per heavy atom. The van der Waals surface area contributed by atoms with Gasteiger partial charge in [0.2, 0.25) is 0 Å². The van der Waals surface area contributed by atoms with Gasteiger partial charge in [0.25, 0.3) is 11.4 Å². The van der Waals surface area contributed by atoms with Gasteiger partial charge in [-0.25, -0.2) is 0 Å². The number of alkyl halides is 3. The van der Waals surface area contributed by atoms with Crippen molar-refractivity contribution in [3.05, 3.63) is 39.9 Å². The van der Waals surface area contributed by atoms with Crippen molar-refractivity contribution in [3.8, 4) is 0 Å². The first-order chi connectivity index (χ1) is 10.1. The van der Waals surface area contributed by atoms with E-state index in [0.717, 1.165) is 12.1 Å². The largest absolute Gasteiger partial charge is 0.438 e. The number of nitro benzene ring substituents is 1. The zero-order valence-corrected chi connectivity index (χ0v) is 11.6. The second-order valence-corrected chi connectivity index (χ2v) is 4.91. The maximum Gasteiger partial charge on any atom is 0.438 e. The maximum absolute atomic E-state index is 13.0. The number of aliphatic hydroxyl groups is 1. The van der Waals surface area contributed by atoms with E-state index in [9.17, 15) is 28.4 Å². The van der Waals surface area contributed by atoms with E-state index in [-0.39, 0.29) is 22.0 Å². The van der Waals surface area contributed by atoms with Crippen LogP contribution in [0.2, 0.25) is 0 Å². The molecule has 118 valence electrons. The zero-order chi connectivity index (χ0) is 16.7. The molecule has 0 fully saturated rings. The summed E-state index contributed by atoms with van der Waals surface area (Å²) in [6, 6.07) is 4.70. The molecule has 1 unspecified atom stereocenters. The molecule has 0 saturated carbocycles. The van der Waals surface area contributed by atoms with Gasteiger partial charge in [0.1, 0.15) is 0 Å². The number of non-ortho nitro benzene ring substituents is 1. The van der Waals surface area contributed by atoms with Crippen LogP contribution in [0.15, 0.2) is 29.4 Å². The standard InChI is InChI=1S/C11H9F3N4O3S/c12-11(13,14)10(19)5-8(16-17(10)9(15)22)6-1-3-7(4-2-6)18(20)21/h1-4,19H,5H2,(H2,15,22). The van der Waals surface area contributed by atoms with E-state index in [1.807, 2.05) is 0 Å². The molecule has 0 aromatic heterocycles. The molecule has 1 aliphatic rings. The number of benzene rings is 1. The Morgan fingerprint density at radius 2 is 2.00 bits per heavy atom. The predicted molar refractivity (Wildman–Crippen MR) is 73.9 cm³/mol. The van der Waals surface area contributed by atoms with Crippen molar-refractivity contribution >= 4 is 28.7 Å². The fraction of sp³-hybridized carbons (Fsp3) is 0.273. The van der Waals surface area contributed by atoms with Gasteiger partial charge in [-0.05, 0) is 29.9 Å². The Bertz CT molecular complexity index is 662. The number of thiocarbonyl (C=S) groups is 1. The molecule has 0 spiro atoms. The molecule has 1 aromatic rings. The predicted octanol–water partition coefficient (Wildman–Crippen LogP) is 1.50. The maximum atomic E-state index is 13.0. The zero-order valence-electron chi connectivity index (χ0n) is 10.7. The molecular formula is C11H9F3N4O3S. The molecule has 0 saturated heterocycles. The number of nitro groups is 1. The summed E-state index contributed by atoms with van der Waals surface area (Å²) in [5, 5.41) is 23.4. The fourth-order valence-corrected chi connectivity index (χ4v) is 2.13. The molecule has 0 aliphatic carbocycles. The summed E-state index contributed by atoms with van der Waals surface area (Å²) in [5.41, 5.74) is 1.67. The third-order valence-corrected chi connectivity index (χ3v) is 3.23. The summed E-state index contributed by atoms with van der Waals surface area (Å²) < 4.78 is 39.1. The number of hydrogen-bond acceptors (Lipinski definition) is 5. The highest BCUT2D eigenvalue weighted by atomic mass is 32.1. The second-order valence-electron chi connectivity index (χ2n) is 4.49. The minimum atomic E-state index is -5.04. The molecule has 1 aliphatic heterocycles. The van der Waals surface area contributed by atoms with E-state index in [4.69, 9.17) is 5.73 Å². The van der Waals surface area contributed by atoms with Crippen molar-refractivity contribution < 1.29 is 23.2 Å². The van der Waals surface area contributed by atoms with Crippen molar-refractivity contribution in [1.29, 1.82) is 0 Å². The summed E-state index contributed by atoms with van der Waals surface area (Å²) in [6.07, 6.45) is -5.94. The number of nitrogens with zero attached hydrogens (tertiary/aromatic N) is 3. The van der Waals surface area contributed by atoms with E-state index in [1.54, 1.807) is 0 Å². The summed E-state index contributed by atoms with van der Waals surface area (Å²) in [6.45, 7) is 0. The lowest BCUT2D eigenvalue weighted by molar-refractivity contribution is -0.384. The van der Waals surface area contributed by atoms with Crippen molar-refractivity contribution in [2.75, 3.05) is 0 Å². The quantitative estimate of drug-likeness (QED) is 0.482. The molecule has 0 bridgehead atoms. The van der Waals surface area contributed by atoms with Crippen LogP contribution >= 0.6 is 12.2 Å². The van der Waals surface area contributed by atoms with E-state index in [0.29, 0.717) is 0 Å². The Kier molecular flexibility index (Phi) is 3.79. The van der Waals surface area contributed by atoms with Crippen LogP contribution in [0.5, 0.6) is 0 Å². The van der Waals surface area contributed by atoms with Gasteiger partial charge < -0.3 is 10.8 Å². The van der Waals surface area contributed by atoms with Crippen molar-refractivity contribution in [3.63, 3.8) is 0 Å². The van der Waals surface area contributed by atoms with Crippen LogP contribution in [0, 0.1) is 10.1 Å². The summed E-state index contributed by atoms with van der Waals surface area (Å²) in [4.78, 5) is 9.91. The van der Waals surface area contributed by atoms with Crippen LogP contribution in [-0.4, -0.2) is 37.8 Å².